The summed E-state index contributed by atoms with van der Waals surface area (Å²) in [5.74, 6) is 0.182. The predicted octanol–water partition coefficient (Wildman–Crippen LogP) is 3.39. The van der Waals surface area contributed by atoms with E-state index in [0.29, 0.717) is 55.7 Å². The van der Waals surface area contributed by atoms with E-state index < -0.39 is 6.17 Å². The molecule has 1 saturated heterocycles. The summed E-state index contributed by atoms with van der Waals surface area (Å²) in [5, 5.41) is 15.7. The first kappa shape index (κ1) is 24.5. The highest BCUT2D eigenvalue weighted by atomic mass is 35.5. The number of hydrogen-bond acceptors (Lipinski definition) is 4. The molecule has 1 aromatic rings. The number of nitrogens with zero attached hydrogens (tertiary/aromatic N) is 2. The minimum Gasteiger partial charge on any atom is -0.389 e. The highest BCUT2D eigenvalue weighted by Crippen LogP contribution is 2.34. The van der Waals surface area contributed by atoms with Gasteiger partial charge in [-0.3, -0.25) is 10.2 Å². The Labute approximate surface area is 195 Å². The Morgan fingerprint density at radius 3 is 2.34 bits per heavy atom. The van der Waals surface area contributed by atoms with Crippen molar-refractivity contribution in [1.82, 2.24) is 20.4 Å². The molecule has 0 unspecified atom stereocenters. The van der Waals surface area contributed by atoms with Crippen LogP contribution in [0.25, 0.3) is 0 Å². The molecule has 0 aromatic heterocycles. The van der Waals surface area contributed by atoms with Crippen LogP contribution in [0.4, 0.5) is 4.39 Å². The second-order valence-corrected chi connectivity index (χ2v) is 9.45. The number of halogens is 2. The van der Waals surface area contributed by atoms with Crippen molar-refractivity contribution in [3.8, 4) is 0 Å². The Kier molecular flexibility index (Phi) is 8.17. The smallest absolute Gasteiger partial charge is 0.231 e. The summed E-state index contributed by atoms with van der Waals surface area (Å²) in [4.78, 5) is 17.3. The molecule has 1 aromatic carbocycles. The van der Waals surface area contributed by atoms with Gasteiger partial charge in [-0.15, -0.1) is 0 Å². The third-order valence-electron chi connectivity index (χ3n) is 6.39. The van der Waals surface area contributed by atoms with Gasteiger partial charge in [0, 0.05) is 56.4 Å². The fraction of sp³-hybridized carbons (Fsp3) is 0.583. The Bertz CT molecular complexity index is 848. The lowest BCUT2D eigenvalue weighted by Gasteiger charge is -2.38. The Hall–Kier alpha value is -2.12. The van der Waals surface area contributed by atoms with E-state index in [1.54, 1.807) is 7.05 Å². The third-order valence-corrected chi connectivity index (χ3v) is 6.64. The molecule has 1 aliphatic heterocycles. The van der Waals surface area contributed by atoms with Crippen molar-refractivity contribution in [3.05, 3.63) is 46.1 Å². The predicted molar refractivity (Wildman–Crippen MR) is 128 cm³/mol. The van der Waals surface area contributed by atoms with Gasteiger partial charge in [-0.1, -0.05) is 44.5 Å². The molecule has 3 rings (SSSR count). The minimum absolute atomic E-state index is 0.0102. The van der Waals surface area contributed by atoms with Gasteiger partial charge in [0.15, 0.2) is 0 Å². The van der Waals surface area contributed by atoms with Crippen molar-refractivity contribution in [2.45, 2.75) is 45.3 Å². The molecule has 1 aliphatic carbocycles. The molecule has 32 heavy (non-hydrogen) atoms. The number of amides is 1. The molecule has 0 radical (unpaired) electrons. The maximum absolute atomic E-state index is 14.3. The highest BCUT2D eigenvalue weighted by molar-refractivity contribution is 6.30. The summed E-state index contributed by atoms with van der Waals surface area (Å²) in [5.41, 5.74) is 2.24. The number of nitrogens with one attached hydrogen (secondary N) is 3. The van der Waals surface area contributed by atoms with Crippen LogP contribution in [0.5, 0.6) is 0 Å². The monoisotopic (exact) mass is 463 g/mol. The number of allylic oxidation sites excluding steroid dienone is 1. The molecule has 0 bridgehead atoms. The third kappa shape index (κ3) is 5.44. The number of carbonyl (C=O) groups is 1. The number of benzene rings is 1. The lowest BCUT2D eigenvalue weighted by molar-refractivity contribution is -0.134. The summed E-state index contributed by atoms with van der Waals surface area (Å²) in [6.07, 6.45) is -0.625. The number of alkyl halides is 1. The molecule has 1 heterocycles. The van der Waals surface area contributed by atoms with E-state index in [9.17, 15) is 9.18 Å². The second kappa shape index (κ2) is 10.7. The number of amidine groups is 1. The van der Waals surface area contributed by atoms with E-state index in [0.717, 1.165) is 11.1 Å². The first-order valence-electron chi connectivity index (χ1n) is 11.4. The van der Waals surface area contributed by atoms with Crippen LogP contribution in [-0.4, -0.2) is 73.5 Å². The number of rotatable bonds is 7. The van der Waals surface area contributed by atoms with Crippen molar-refractivity contribution < 1.29 is 9.18 Å². The molecule has 0 spiro atoms. The molecule has 1 amide bonds. The molecule has 8 heteroatoms. The van der Waals surface area contributed by atoms with Gasteiger partial charge in [-0.05, 0) is 30.0 Å². The molecule has 3 atom stereocenters. The van der Waals surface area contributed by atoms with Crippen LogP contribution in [0.2, 0.25) is 5.02 Å². The lowest BCUT2D eigenvalue weighted by atomic mass is 9.96. The average Bonchev–Trinajstić information content (AvgIpc) is 3.07. The normalized spacial score (nSPS) is 22.5. The van der Waals surface area contributed by atoms with E-state index in [1.807, 2.05) is 41.0 Å². The highest BCUT2D eigenvalue weighted by Gasteiger charge is 2.36. The molecule has 1 fully saturated rings. The summed E-state index contributed by atoms with van der Waals surface area (Å²) >= 11 is 6.04. The van der Waals surface area contributed by atoms with Crippen molar-refractivity contribution in [2.24, 2.45) is 5.92 Å². The largest absolute Gasteiger partial charge is 0.389 e. The minimum atomic E-state index is -1.04. The van der Waals surface area contributed by atoms with Gasteiger partial charge in [0.25, 0.3) is 0 Å². The average molecular weight is 464 g/mol. The molecule has 3 N–H and O–H groups in total. The number of carbonyl (C=O) groups excluding carboxylic acids is 1. The van der Waals surface area contributed by atoms with E-state index in [2.05, 4.69) is 24.5 Å². The van der Waals surface area contributed by atoms with Gasteiger partial charge in [0.2, 0.25) is 5.91 Å². The first-order valence-corrected chi connectivity index (χ1v) is 11.8. The van der Waals surface area contributed by atoms with Gasteiger partial charge in [-0.2, -0.15) is 0 Å². The van der Waals surface area contributed by atoms with Crippen LogP contribution in [0.15, 0.2) is 35.5 Å². The van der Waals surface area contributed by atoms with Crippen LogP contribution in [0.1, 0.15) is 38.7 Å². The molecular formula is C24H35ClFN5O. The fourth-order valence-corrected chi connectivity index (χ4v) is 4.70. The van der Waals surface area contributed by atoms with Gasteiger partial charge < -0.3 is 20.4 Å². The second-order valence-electron chi connectivity index (χ2n) is 9.01. The number of hydrogen-bond donors (Lipinski definition) is 3. The SMILES string of the molecule is CNC1=C(C(=N)N2CCN(C(=O)[C@H](CNC(C)C)c3ccc(Cl)cc3)CC2)[C@H](C)C[C@@H]1F. The first-order chi connectivity index (χ1) is 15.2. The Morgan fingerprint density at radius 2 is 1.78 bits per heavy atom. The fourth-order valence-electron chi connectivity index (χ4n) is 4.57. The van der Waals surface area contributed by atoms with E-state index in [4.69, 9.17) is 17.0 Å². The standard InChI is InChI=1S/C24H35ClFN5O/c1-15(2)29-14-19(17-5-7-18(25)8-6-17)24(32)31-11-9-30(10-12-31)23(27)21-16(3)13-20(26)22(21)28-4/h5-8,15-16,19-20,27-29H,9-14H2,1-4H3/t16-,19-,20+/m1/s1. The van der Waals surface area contributed by atoms with Crippen LogP contribution < -0.4 is 10.6 Å². The van der Waals surface area contributed by atoms with Gasteiger partial charge >= 0.3 is 0 Å². The maximum atomic E-state index is 14.3. The van der Waals surface area contributed by atoms with Crippen LogP contribution in [-0.2, 0) is 4.79 Å². The van der Waals surface area contributed by atoms with Crippen LogP contribution in [0.3, 0.4) is 0 Å². The summed E-state index contributed by atoms with van der Waals surface area (Å²) < 4.78 is 14.3. The topological polar surface area (TPSA) is 71.5 Å². The lowest BCUT2D eigenvalue weighted by Crippen LogP contribution is -2.53. The molecule has 0 saturated carbocycles. The summed E-state index contributed by atoms with van der Waals surface area (Å²) in [7, 11) is 1.71. The quantitative estimate of drug-likeness (QED) is 0.428. The van der Waals surface area contributed by atoms with E-state index >= 15 is 0 Å². The molecule has 176 valence electrons. The summed E-state index contributed by atoms with van der Waals surface area (Å²) in [6, 6.07) is 7.75. The van der Waals surface area contributed by atoms with Crippen LogP contribution in [0, 0.1) is 11.3 Å². The summed E-state index contributed by atoms with van der Waals surface area (Å²) in [6.45, 7) is 8.88. The van der Waals surface area contributed by atoms with Crippen molar-refractivity contribution in [2.75, 3.05) is 39.8 Å². The van der Waals surface area contributed by atoms with Gasteiger partial charge in [-0.25, -0.2) is 4.39 Å². The molecule has 6 nitrogen and oxygen atoms in total. The zero-order valence-electron chi connectivity index (χ0n) is 19.4. The van der Waals surface area contributed by atoms with Gasteiger partial charge in [0.05, 0.1) is 11.6 Å². The van der Waals surface area contributed by atoms with Gasteiger partial charge in [0.1, 0.15) is 12.0 Å². The maximum Gasteiger partial charge on any atom is 0.231 e. The Balaban J connectivity index is 1.68. The number of piperazine rings is 1. The zero-order chi connectivity index (χ0) is 23.4. The van der Waals surface area contributed by atoms with E-state index in [1.165, 1.54) is 0 Å². The molecule has 2 aliphatic rings. The zero-order valence-corrected chi connectivity index (χ0v) is 20.2. The van der Waals surface area contributed by atoms with Crippen molar-refractivity contribution in [3.63, 3.8) is 0 Å². The van der Waals surface area contributed by atoms with Crippen molar-refractivity contribution >= 4 is 23.3 Å². The Morgan fingerprint density at radius 1 is 1.19 bits per heavy atom. The van der Waals surface area contributed by atoms with E-state index in [-0.39, 0.29) is 23.8 Å². The van der Waals surface area contributed by atoms with Crippen LogP contribution >= 0.6 is 11.6 Å². The molecular weight excluding hydrogens is 429 g/mol. The van der Waals surface area contributed by atoms with Crippen molar-refractivity contribution in [1.29, 1.82) is 5.41 Å².